The summed E-state index contributed by atoms with van der Waals surface area (Å²) in [6.45, 7) is 7.24. The topological polar surface area (TPSA) is 18.8 Å². The molecular formula is C10H18Cl3N3. The second kappa shape index (κ2) is 5.65. The molecule has 0 N–H and O–H groups in total. The molecule has 0 aromatic rings. The molecule has 6 heteroatoms. The van der Waals surface area contributed by atoms with Gasteiger partial charge in [0.1, 0.15) is 12.5 Å². The quantitative estimate of drug-likeness (QED) is 0.580. The van der Waals surface area contributed by atoms with Gasteiger partial charge in [-0.2, -0.15) is 5.10 Å². The van der Waals surface area contributed by atoms with Crippen LogP contribution < -0.4 is 0 Å². The van der Waals surface area contributed by atoms with Crippen molar-refractivity contribution in [2.45, 2.75) is 43.7 Å². The summed E-state index contributed by atoms with van der Waals surface area (Å²) in [6.07, 6.45) is 3.87. The molecule has 1 rings (SSSR count). The van der Waals surface area contributed by atoms with Gasteiger partial charge in [-0.15, -0.1) is 0 Å². The van der Waals surface area contributed by atoms with E-state index in [1.165, 1.54) is 0 Å². The molecule has 0 amide bonds. The van der Waals surface area contributed by atoms with Gasteiger partial charge in [0.15, 0.2) is 0 Å². The first kappa shape index (κ1) is 14.2. The molecule has 0 aromatic carbocycles. The molecule has 0 fully saturated rings. The van der Waals surface area contributed by atoms with Crippen LogP contribution in [-0.2, 0) is 0 Å². The molecule has 0 saturated carbocycles. The summed E-state index contributed by atoms with van der Waals surface area (Å²) < 4.78 is -1.43. The fraction of sp³-hybridized carbons (Fsp3) is 0.900. The molecule has 0 spiro atoms. The highest BCUT2D eigenvalue weighted by Crippen LogP contribution is 2.36. The van der Waals surface area contributed by atoms with Gasteiger partial charge in [0.05, 0.1) is 0 Å². The van der Waals surface area contributed by atoms with E-state index in [2.05, 4.69) is 25.9 Å². The number of hydrazone groups is 1. The molecule has 1 heterocycles. The summed E-state index contributed by atoms with van der Waals surface area (Å²) >= 11 is 17.7. The Morgan fingerprint density at radius 2 is 2.00 bits per heavy atom. The van der Waals surface area contributed by atoms with E-state index in [1.807, 2.05) is 5.01 Å². The second-order valence-electron chi connectivity index (χ2n) is 4.28. The predicted octanol–water partition coefficient (Wildman–Crippen LogP) is 3.66. The maximum Gasteiger partial charge on any atom is 0.270 e. The largest absolute Gasteiger partial charge is 0.294 e. The highest BCUT2D eigenvalue weighted by Gasteiger charge is 2.41. The lowest BCUT2D eigenvalue weighted by atomic mass is 10.1. The Labute approximate surface area is 112 Å². The molecule has 0 bridgehead atoms. The van der Waals surface area contributed by atoms with Crippen molar-refractivity contribution in [2.75, 3.05) is 6.54 Å². The SMILES string of the molecule is CCCCN1N=CN(C(Cl)(Cl)Cl)C1C(C)C. The third-order valence-corrected chi connectivity index (χ3v) is 3.13. The molecule has 3 nitrogen and oxygen atoms in total. The van der Waals surface area contributed by atoms with E-state index < -0.39 is 3.92 Å². The van der Waals surface area contributed by atoms with Crippen LogP contribution in [0.15, 0.2) is 5.10 Å². The minimum Gasteiger partial charge on any atom is -0.294 e. The molecule has 94 valence electrons. The lowest BCUT2D eigenvalue weighted by Crippen LogP contribution is -2.48. The van der Waals surface area contributed by atoms with Gasteiger partial charge in [-0.3, -0.25) is 9.91 Å². The summed E-state index contributed by atoms with van der Waals surface area (Å²) in [7, 11) is 0. The first-order valence-electron chi connectivity index (χ1n) is 5.53. The summed E-state index contributed by atoms with van der Waals surface area (Å²) in [5.74, 6) is 0.343. The number of nitrogens with zero attached hydrogens (tertiary/aromatic N) is 3. The van der Waals surface area contributed by atoms with Crippen molar-refractivity contribution in [1.82, 2.24) is 9.91 Å². The zero-order chi connectivity index (χ0) is 12.3. The van der Waals surface area contributed by atoms with Crippen LogP contribution >= 0.6 is 34.8 Å². The van der Waals surface area contributed by atoms with Gasteiger partial charge in [0.25, 0.3) is 3.92 Å². The molecule has 0 saturated heterocycles. The first-order chi connectivity index (χ1) is 7.38. The minimum atomic E-state index is -1.43. The van der Waals surface area contributed by atoms with E-state index in [9.17, 15) is 0 Å². The van der Waals surface area contributed by atoms with Crippen LogP contribution in [0.4, 0.5) is 0 Å². The Hall–Kier alpha value is 0.140. The molecule has 0 aromatic heterocycles. The van der Waals surface area contributed by atoms with Crippen molar-refractivity contribution >= 4 is 41.1 Å². The van der Waals surface area contributed by atoms with Crippen LogP contribution in [0, 0.1) is 5.92 Å². The van der Waals surface area contributed by atoms with Crippen LogP contribution in [0.1, 0.15) is 33.6 Å². The van der Waals surface area contributed by atoms with Gasteiger partial charge in [-0.05, 0) is 12.3 Å². The zero-order valence-electron chi connectivity index (χ0n) is 9.83. The maximum absolute atomic E-state index is 5.92. The Balaban J connectivity index is 2.73. The first-order valence-corrected chi connectivity index (χ1v) is 6.67. The highest BCUT2D eigenvalue weighted by molar-refractivity contribution is 6.67. The molecule has 1 atom stereocenters. The second-order valence-corrected chi connectivity index (χ2v) is 6.50. The van der Waals surface area contributed by atoms with Gasteiger partial charge in [-0.1, -0.05) is 62.0 Å². The number of hydrogen-bond donors (Lipinski definition) is 0. The lowest BCUT2D eigenvalue weighted by molar-refractivity contribution is 0.0863. The fourth-order valence-electron chi connectivity index (χ4n) is 1.79. The van der Waals surface area contributed by atoms with Crippen molar-refractivity contribution < 1.29 is 0 Å². The molecular weight excluding hydrogens is 268 g/mol. The Bertz CT molecular complexity index is 250. The molecule has 0 radical (unpaired) electrons. The monoisotopic (exact) mass is 285 g/mol. The number of rotatable bonds is 4. The van der Waals surface area contributed by atoms with Gasteiger partial charge in [0, 0.05) is 6.54 Å². The van der Waals surface area contributed by atoms with Crippen molar-refractivity contribution in [1.29, 1.82) is 0 Å². The predicted molar refractivity (Wildman–Crippen MR) is 70.9 cm³/mol. The van der Waals surface area contributed by atoms with E-state index in [1.54, 1.807) is 11.2 Å². The van der Waals surface area contributed by atoms with E-state index >= 15 is 0 Å². The van der Waals surface area contributed by atoms with Crippen molar-refractivity contribution in [2.24, 2.45) is 11.0 Å². The van der Waals surface area contributed by atoms with Gasteiger partial charge >= 0.3 is 0 Å². The van der Waals surface area contributed by atoms with Crippen LogP contribution in [0.5, 0.6) is 0 Å². The average Bonchev–Trinajstić information content (AvgIpc) is 2.57. The smallest absolute Gasteiger partial charge is 0.270 e. The third-order valence-electron chi connectivity index (χ3n) is 2.54. The normalized spacial score (nSPS) is 21.3. The molecule has 1 unspecified atom stereocenters. The Kier molecular flexibility index (Phi) is 5.02. The van der Waals surface area contributed by atoms with E-state index in [4.69, 9.17) is 34.8 Å². The Morgan fingerprint density at radius 1 is 1.38 bits per heavy atom. The van der Waals surface area contributed by atoms with E-state index in [0.717, 1.165) is 19.4 Å². The van der Waals surface area contributed by atoms with Gasteiger partial charge in [-0.25, -0.2) is 0 Å². The molecule has 1 aliphatic heterocycles. The number of unbranched alkanes of at least 4 members (excludes halogenated alkanes) is 1. The average molecular weight is 287 g/mol. The van der Waals surface area contributed by atoms with Gasteiger partial charge in [0.2, 0.25) is 0 Å². The maximum atomic E-state index is 5.92. The van der Waals surface area contributed by atoms with Crippen molar-refractivity contribution in [3.05, 3.63) is 0 Å². The zero-order valence-corrected chi connectivity index (χ0v) is 12.1. The highest BCUT2D eigenvalue weighted by atomic mass is 35.6. The van der Waals surface area contributed by atoms with Crippen molar-refractivity contribution in [3.63, 3.8) is 0 Å². The Morgan fingerprint density at radius 3 is 2.44 bits per heavy atom. The van der Waals surface area contributed by atoms with Crippen LogP contribution in [-0.4, -0.2) is 32.9 Å². The van der Waals surface area contributed by atoms with Gasteiger partial charge < -0.3 is 0 Å². The number of halogens is 3. The fourth-order valence-corrected chi connectivity index (χ4v) is 2.22. The van der Waals surface area contributed by atoms with Crippen LogP contribution in [0.3, 0.4) is 0 Å². The molecule has 0 aliphatic carbocycles. The standard InChI is InChI=1S/C10H18Cl3N3/c1-4-5-6-16-9(8(2)3)15(7-14-16)10(11,12)13/h7-9H,4-6H2,1-3H3. The summed E-state index contributed by atoms with van der Waals surface area (Å²) in [5.41, 5.74) is 0. The molecule has 16 heavy (non-hydrogen) atoms. The van der Waals surface area contributed by atoms with E-state index in [0.29, 0.717) is 5.92 Å². The summed E-state index contributed by atoms with van der Waals surface area (Å²) in [4.78, 5) is 1.68. The lowest BCUT2D eigenvalue weighted by Gasteiger charge is -2.36. The van der Waals surface area contributed by atoms with Crippen LogP contribution in [0.2, 0.25) is 0 Å². The van der Waals surface area contributed by atoms with Crippen LogP contribution in [0.25, 0.3) is 0 Å². The summed E-state index contributed by atoms with van der Waals surface area (Å²) in [5, 5.41) is 6.30. The number of alkyl halides is 3. The minimum absolute atomic E-state index is 0.0269. The van der Waals surface area contributed by atoms with E-state index in [-0.39, 0.29) is 6.17 Å². The third kappa shape index (κ3) is 3.31. The number of hydrogen-bond acceptors (Lipinski definition) is 3. The molecule has 1 aliphatic rings. The van der Waals surface area contributed by atoms with Crippen molar-refractivity contribution in [3.8, 4) is 0 Å². The summed E-state index contributed by atoms with van der Waals surface area (Å²) in [6, 6.07) is 0.